The number of primary amides is 1. The summed E-state index contributed by atoms with van der Waals surface area (Å²) in [4.78, 5) is 24.6. The Kier molecular flexibility index (Phi) is 3.23. The lowest BCUT2D eigenvalue weighted by Gasteiger charge is -2.13. The van der Waals surface area contributed by atoms with Gasteiger partial charge in [-0.15, -0.1) is 0 Å². The fraction of sp³-hybridized carbons (Fsp3) is 0.385. The highest BCUT2D eigenvalue weighted by Crippen LogP contribution is 2.28. The van der Waals surface area contributed by atoms with E-state index in [1.807, 2.05) is 0 Å². The van der Waals surface area contributed by atoms with Crippen molar-refractivity contribution in [2.24, 2.45) is 5.73 Å². The highest BCUT2D eigenvalue weighted by Gasteiger charge is 2.24. The van der Waals surface area contributed by atoms with Gasteiger partial charge in [0, 0.05) is 25.2 Å². The molecule has 0 radical (unpaired) electrons. The van der Waals surface area contributed by atoms with Crippen molar-refractivity contribution in [2.75, 3.05) is 14.1 Å². The van der Waals surface area contributed by atoms with Crippen molar-refractivity contribution < 1.29 is 14.3 Å². The van der Waals surface area contributed by atoms with E-state index in [1.54, 1.807) is 26.2 Å². The first-order valence-corrected chi connectivity index (χ1v) is 5.80. The molecule has 2 rings (SSSR count). The number of benzene rings is 1. The number of nitrogens with two attached hydrogens (primary N) is 1. The number of hydrogen-bond acceptors (Lipinski definition) is 3. The highest BCUT2D eigenvalue weighted by atomic mass is 16.5. The lowest BCUT2D eigenvalue weighted by Crippen LogP contribution is -2.22. The summed E-state index contributed by atoms with van der Waals surface area (Å²) in [6.07, 6.45) is 2.23. The summed E-state index contributed by atoms with van der Waals surface area (Å²) in [5.41, 5.74) is 5.95. The topological polar surface area (TPSA) is 72.6 Å². The van der Waals surface area contributed by atoms with E-state index in [2.05, 4.69) is 0 Å². The minimum Gasteiger partial charge on any atom is -0.490 e. The molecule has 0 atom stereocenters. The third-order valence-electron chi connectivity index (χ3n) is 2.67. The average Bonchev–Trinajstić information content (AvgIpc) is 3.11. The number of carbonyl (C=O) groups is 2. The SMILES string of the molecule is CN(C)C(=O)c1cc(OC2CC2)cc(C(N)=O)c1. The molecule has 0 heterocycles. The molecule has 5 nitrogen and oxygen atoms in total. The Bertz CT molecular complexity index is 493. The Hall–Kier alpha value is -2.04. The Labute approximate surface area is 106 Å². The molecule has 2 N–H and O–H groups in total. The van der Waals surface area contributed by atoms with Gasteiger partial charge in [-0.3, -0.25) is 9.59 Å². The summed E-state index contributed by atoms with van der Waals surface area (Å²) in [7, 11) is 3.31. The number of hydrogen-bond donors (Lipinski definition) is 1. The van der Waals surface area contributed by atoms with E-state index < -0.39 is 5.91 Å². The van der Waals surface area contributed by atoms with Gasteiger partial charge in [-0.25, -0.2) is 0 Å². The molecule has 0 aliphatic heterocycles. The van der Waals surface area contributed by atoms with Gasteiger partial charge in [-0.05, 0) is 31.0 Å². The van der Waals surface area contributed by atoms with Gasteiger partial charge in [0.25, 0.3) is 5.91 Å². The Balaban J connectivity index is 2.35. The lowest BCUT2D eigenvalue weighted by atomic mass is 10.1. The molecular formula is C13H16N2O3. The number of ether oxygens (including phenoxy) is 1. The number of nitrogens with zero attached hydrogens (tertiary/aromatic N) is 1. The van der Waals surface area contributed by atoms with E-state index in [-0.39, 0.29) is 12.0 Å². The standard InChI is InChI=1S/C13H16N2O3/c1-15(2)13(17)9-5-8(12(14)16)6-11(7-9)18-10-3-4-10/h5-7,10H,3-4H2,1-2H3,(H2,14,16). The van der Waals surface area contributed by atoms with E-state index in [0.717, 1.165) is 12.8 Å². The molecule has 1 fully saturated rings. The molecule has 0 unspecified atom stereocenters. The van der Waals surface area contributed by atoms with Gasteiger partial charge in [0.05, 0.1) is 6.10 Å². The van der Waals surface area contributed by atoms with Crippen molar-refractivity contribution in [3.8, 4) is 5.75 Å². The maximum atomic E-state index is 11.9. The van der Waals surface area contributed by atoms with Crippen LogP contribution in [0.1, 0.15) is 33.6 Å². The summed E-state index contributed by atoms with van der Waals surface area (Å²) in [6, 6.07) is 4.71. The average molecular weight is 248 g/mol. The minimum atomic E-state index is -0.566. The van der Waals surface area contributed by atoms with Gasteiger partial charge in [0.2, 0.25) is 5.91 Å². The first-order valence-electron chi connectivity index (χ1n) is 5.80. The van der Waals surface area contributed by atoms with E-state index in [4.69, 9.17) is 10.5 Å². The molecule has 1 aliphatic rings. The van der Waals surface area contributed by atoms with Crippen molar-refractivity contribution in [2.45, 2.75) is 18.9 Å². The number of amides is 2. The Morgan fingerprint density at radius 3 is 2.33 bits per heavy atom. The first kappa shape index (κ1) is 12.4. The van der Waals surface area contributed by atoms with Crippen LogP contribution in [0, 0.1) is 0 Å². The molecule has 1 aliphatic carbocycles. The second kappa shape index (κ2) is 4.68. The van der Waals surface area contributed by atoms with Crippen LogP contribution in [0.2, 0.25) is 0 Å². The largest absolute Gasteiger partial charge is 0.490 e. The van der Waals surface area contributed by atoms with Crippen molar-refractivity contribution in [1.82, 2.24) is 4.90 Å². The van der Waals surface area contributed by atoms with E-state index in [1.165, 1.54) is 11.0 Å². The van der Waals surface area contributed by atoms with Crippen molar-refractivity contribution in [3.63, 3.8) is 0 Å². The quantitative estimate of drug-likeness (QED) is 0.864. The van der Waals surface area contributed by atoms with Crippen LogP contribution in [0.25, 0.3) is 0 Å². The molecule has 2 amide bonds. The molecule has 0 bridgehead atoms. The predicted molar refractivity (Wildman–Crippen MR) is 66.6 cm³/mol. The van der Waals surface area contributed by atoms with Crippen LogP contribution >= 0.6 is 0 Å². The summed E-state index contributed by atoms with van der Waals surface area (Å²) < 4.78 is 5.61. The maximum Gasteiger partial charge on any atom is 0.253 e. The van der Waals surface area contributed by atoms with Gasteiger partial charge in [-0.2, -0.15) is 0 Å². The fourth-order valence-electron chi connectivity index (χ4n) is 1.57. The van der Waals surface area contributed by atoms with Crippen LogP contribution < -0.4 is 10.5 Å². The van der Waals surface area contributed by atoms with Gasteiger partial charge in [0.1, 0.15) is 5.75 Å². The third-order valence-corrected chi connectivity index (χ3v) is 2.67. The summed E-state index contributed by atoms with van der Waals surface area (Å²) >= 11 is 0. The zero-order chi connectivity index (χ0) is 13.3. The first-order chi connectivity index (χ1) is 8.47. The van der Waals surface area contributed by atoms with Crippen LogP contribution in [0.3, 0.4) is 0 Å². The van der Waals surface area contributed by atoms with Gasteiger partial charge in [-0.1, -0.05) is 0 Å². The van der Waals surface area contributed by atoms with E-state index in [9.17, 15) is 9.59 Å². The number of carbonyl (C=O) groups excluding carboxylic acids is 2. The monoisotopic (exact) mass is 248 g/mol. The molecule has 18 heavy (non-hydrogen) atoms. The zero-order valence-corrected chi connectivity index (χ0v) is 10.5. The van der Waals surface area contributed by atoms with Crippen LogP contribution in [-0.4, -0.2) is 36.9 Å². The van der Waals surface area contributed by atoms with E-state index >= 15 is 0 Å². The molecule has 1 aromatic rings. The molecule has 96 valence electrons. The second-order valence-electron chi connectivity index (χ2n) is 4.63. The summed E-state index contributed by atoms with van der Waals surface area (Å²) in [5, 5.41) is 0. The molecular weight excluding hydrogens is 232 g/mol. The zero-order valence-electron chi connectivity index (χ0n) is 10.5. The van der Waals surface area contributed by atoms with E-state index in [0.29, 0.717) is 16.9 Å². The minimum absolute atomic E-state index is 0.182. The van der Waals surface area contributed by atoms with Crippen molar-refractivity contribution >= 4 is 11.8 Å². The predicted octanol–water partition coefficient (Wildman–Crippen LogP) is 1.03. The fourth-order valence-corrected chi connectivity index (χ4v) is 1.57. The van der Waals surface area contributed by atoms with Gasteiger partial charge in [0.15, 0.2) is 0 Å². The Morgan fingerprint density at radius 1 is 1.22 bits per heavy atom. The molecule has 0 saturated heterocycles. The smallest absolute Gasteiger partial charge is 0.253 e. The number of rotatable bonds is 4. The molecule has 5 heteroatoms. The maximum absolute atomic E-state index is 11.9. The lowest BCUT2D eigenvalue weighted by molar-refractivity contribution is 0.0827. The van der Waals surface area contributed by atoms with Crippen molar-refractivity contribution in [3.05, 3.63) is 29.3 Å². The molecule has 1 saturated carbocycles. The van der Waals surface area contributed by atoms with Crippen LogP contribution in [0.5, 0.6) is 5.75 Å². The van der Waals surface area contributed by atoms with Crippen molar-refractivity contribution in [1.29, 1.82) is 0 Å². The summed E-state index contributed by atoms with van der Waals surface area (Å²) in [6.45, 7) is 0. The molecule has 0 spiro atoms. The third kappa shape index (κ3) is 2.80. The van der Waals surface area contributed by atoms with Crippen LogP contribution in [0.4, 0.5) is 0 Å². The van der Waals surface area contributed by atoms with Crippen LogP contribution in [0.15, 0.2) is 18.2 Å². The van der Waals surface area contributed by atoms with Crippen LogP contribution in [-0.2, 0) is 0 Å². The Morgan fingerprint density at radius 2 is 1.83 bits per heavy atom. The molecule has 0 aromatic heterocycles. The van der Waals surface area contributed by atoms with Gasteiger partial charge < -0.3 is 15.4 Å². The molecule has 1 aromatic carbocycles. The summed E-state index contributed by atoms with van der Waals surface area (Å²) in [5.74, 6) is -0.221. The van der Waals surface area contributed by atoms with Gasteiger partial charge >= 0.3 is 0 Å². The second-order valence-corrected chi connectivity index (χ2v) is 4.63. The highest BCUT2D eigenvalue weighted by molar-refractivity contribution is 5.99. The normalized spacial score (nSPS) is 14.1.